The van der Waals surface area contributed by atoms with Crippen molar-refractivity contribution in [3.8, 4) is 0 Å². The van der Waals surface area contributed by atoms with Gasteiger partial charge in [-0.3, -0.25) is 13.7 Å². The van der Waals surface area contributed by atoms with Gasteiger partial charge in [-0.2, -0.15) is 42.5 Å². The number of carbonyl (C=O) groups excluding carboxylic acids is 2. The van der Waals surface area contributed by atoms with Crippen LogP contribution < -0.4 is 4.90 Å². The Balaban J connectivity index is 1.93. The van der Waals surface area contributed by atoms with Crippen LogP contribution in [0.3, 0.4) is 0 Å². The number of esters is 2. The fraction of sp³-hybridized carbons (Fsp3) is 0.487. The first-order chi connectivity index (χ1) is 27.8. The maximum atomic E-state index is 13.8. The summed E-state index contributed by atoms with van der Waals surface area (Å²) in [7, 11) is -13.5. The lowest BCUT2D eigenvalue weighted by atomic mass is 9.78. The van der Waals surface area contributed by atoms with Gasteiger partial charge in [0.25, 0.3) is 30.4 Å². The van der Waals surface area contributed by atoms with Gasteiger partial charge in [-0.15, -0.1) is 0 Å². The molecule has 330 valence electrons. The van der Waals surface area contributed by atoms with Gasteiger partial charge in [0.05, 0.1) is 57.3 Å². The number of hydrogen-bond donors (Lipinski definition) is 5. The van der Waals surface area contributed by atoms with E-state index >= 15 is 0 Å². The highest BCUT2D eigenvalue weighted by Gasteiger charge is 2.48. The number of benzene rings is 2. The van der Waals surface area contributed by atoms with E-state index < -0.39 is 75.5 Å². The van der Waals surface area contributed by atoms with Gasteiger partial charge in [-0.25, -0.2) is 14.4 Å². The number of carbonyl (C=O) groups is 3. The normalized spacial score (nSPS) is 16.7. The third kappa shape index (κ3) is 11.2. The van der Waals surface area contributed by atoms with Gasteiger partial charge in [0.1, 0.15) is 6.54 Å². The zero-order valence-corrected chi connectivity index (χ0v) is 37.2. The summed E-state index contributed by atoms with van der Waals surface area (Å²) < 4.78 is 112. The zero-order chi connectivity index (χ0) is 45.0. The number of carboxylic acid groups (broad SMARTS) is 1. The largest absolute Gasteiger partial charge is 0.478 e. The van der Waals surface area contributed by atoms with Gasteiger partial charge in [-0.1, -0.05) is 33.3 Å². The molecule has 0 aromatic heterocycles. The van der Waals surface area contributed by atoms with Crippen LogP contribution in [0.1, 0.15) is 109 Å². The van der Waals surface area contributed by atoms with E-state index in [-0.39, 0.29) is 49.3 Å². The summed E-state index contributed by atoms with van der Waals surface area (Å²) in [4.78, 5) is 40.9. The SMILES string of the molecule is CCCCN1/C(=C/C=C/C2=[N+](CCCS(=O)(=O)O)c3cc(C(=O)OCCCS(=O)(=O)O)cc(C(=O)OCCCS)c3C2(C)C)C(C)(C)c2c(C(=O)O)cc(S(=O)(=O)O)cc21. The fourth-order valence-corrected chi connectivity index (χ4v) is 9.21. The Bertz CT molecular complexity index is 2470. The molecule has 2 aromatic rings. The van der Waals surface area contributed by atoms with Crippen LogP contribution in [0.25, 0.3) is 0 Å². The van der Waals surface area contributed by atoms with Gasteiger partial charge in [0.15, 0.2) is 5.71 Å². The van der Waals surface area contributed by atoms with Crippen LogP contribution in [0.15, 0.2) is 53.1 Å². The Morgan fingerprint density at radius 3 is 2.00 bits per heavy atom. The third-order valence-corrected chi connectivity index (χ3v) is 13.0. The van der Waals surface area contributed by atoms with Crippen LogP contribution in [-0.2, 0) is 50.7 Å². The van der Waals surface area contributed by atoms with E-state index in [0.29, 0.717) is 59.0 Å². The van der Waals surface area contributed by atoms with Gasteiger partial charge in [-0.05, 0) is 63.1 Å². The number of anilines is 1. The Morgan fingerprint density at radius 1 is 0.800 bits per heavy atom. The van der Waals surface area contributed by atoms with Gasteiger partial charge < -0.3 is 19.5 Å². The maximum Gasteiger partial charge on any atom is 0.338 e. The molecule has 2 aliphatic rings. The van der Waals surface area contributed by atoms with Crippen molar-refractivity contribution in [2.45, 2.75) is 82.4 Å². The Morgan fingerprint density at radius 2 is 1.42 bits per heavy atom. The number of carboxylic acids is 1. The van der Waals surface area contributed by atoms with E-state index in [9.17, 15) is 53.8 Å². The summed E-state index contributed by atoms with van der Waals surface area (Å²) in [5, 5.41) is 10.2. The molecule has 0 aliphatic carbocycles. The average molecular weight is 916 g/mol. The van der Waals surface area contributed by atoms with Crippen molar-refractivity contribution < 1.29 is 72.5 Å². The van der Waals surface area contributed by atoms with Crippen LogP contribution in [0.5, 0.6) is 0 Å². The van der Waals surface area contributed by atoms with Crippen molar-refractivity contribution in [2.24, 2.45) is 0 Å². The number of nitrogens with zero attached hydrogens (tertiary/aromatic N) is 2. The number of rotatable bonds is 20. The molecule has 4 N–H and O–H groups in total. The van der Waals surface area contributed by atoms with Crippen LogP contribution in [0.4, 0.5) is 11.4 Å². The molecule has 4 rings (SSSR count). The molecule has 0 radical (unpaired) electrons. The van der Waals surface area contributed by atoms with Crippen molar-refractivity contribution in [3.05, 3.63) is 76.0 Å². The Kier molecular flexibility index (Phi) is 15.3. The van der Waals surface area contributed by atoms with E-state index in [1.165, 1.54) is 18.2 Å². The lowest BCUT2D eigenvalue weighted by molar-refractivity contribution is -0.437. The first-order valence-electron chi connectivity index (χ1n) is 19.0. The van der Waals surface area contributed by atoms with Crippen molar-refractivity contribution in [1.82, 2.24) is 0 Å². The first kappa shape index (κ1) is 48.5. The molecule has 0 fully saturated rings. The average Bonchev–Trinajstić information content (AvgIpc) is 3.48. The lowest BCUT2D eigenvalue weighted by Crippen LogP contribution is -2.30. The van der Waals surface area contributed by atoms with Gasteiger partial charge in [0.2, 0.25) is 5.69 Å². The summed E-state index contributed by atoms with van der Waals surface area (Å²) in [6.45, 7) is 9.09. The van der Waals surface area contributed by atoms with Crippen LogP contribution >= 0.6 is 12.6 Å². The van der Waals surface area contributed by atoms with Crippen molar-refractivity contribution >= 4 is 78.0 Å². The van der Waals surface area contributed by atoms with Crippen LogP contribution in [0, 0.1) is 0 Å². The van der Waals surface area contributed by atoms with Crippen molar-refractivity contribution in [2.75, 3.05) is 48.5 Å². The molecule has 2 aromatic carbocycles. The number of fused-ring (bicyclic) bond motifs is 2. The number of allylic oxidation sites excluding steroid dienone is 4. The number of hydrogen-bond acceptors (Lipinski definition) is 13. The summed E-state index contributed by atoms with van der Waals surface area (Å²) in [5.74, 6) is -3.94. The van der Waals surface area contributed by atoms with E-state index in [2.05, 4.69) is 12.6 Å². The second-order valence-electron chi connectivity index (χ2n) is 15.4. The molecule has 0 unspecified atom stereocenters. The highest BCUT2D eigenvalue weighted by molar-refractivity contribution is 7.86. The van der Waals surface area contributed by atoms with Crippen LogP contribution in [0.2, 0.25) is 0 Å². The molecule has 0 saturated carbocycles. The second kappa shape index (κ2) is 18.9. The molecule has 2 heterocycles. The molecular formula is C39H51N2O15S4+. The molecule has 0 atom stereocenters. The van der Waals surface area contributed by atoms with Crippen molar-refractivity contribution in [3.63, 3.8) is 0 Å². The Hall–Kier alpha value is -4.12. The molecule has 0 spiro atoms. The van der Waals surface area contributed by atoms with E-state index in [1.54, 1.807) is 55.4 Å². The molecular weight excluding hydrogens is 865 g/mol. The smallest absolute Gasteiger partial charge is 0.338 e. The fourth-order valence-electron chi connectivity index (χ4n) is 7.58. The quantitative estimate of drug-likeness (QED) is 0.0374. The summed E-state index contributed by atoms with van der Waals surface area (Å²) in [6, 6.07) is 4.92. The van der Waals surface area contributed by atoms with Crippen LogP contribution in [-0.4, -0.2) is 116 Å². The molecule has 21 heteroatoms. The van der Waals surface area contributed by atoms with E-state index in [4.69, 9.17) is 14.0 Å². The van der Waals surface area contributed by atoms with E-state index in [0.717, 1.165) is 12.5 Å². The minimum atomic E-state index is -4.79. The topological polar surface area (TPSA) is 259 Å². The lowest BCUT2D eigenvalue weighted by Gasteiger charge is -2.27. The number of unbranched alkanes of at least 4 members (excludes halogenated alkanes) is 1. The summed E-state index contributed by atoms with van der Waals surface area (Å²) in [6.07, 6.45) is 6.61. The summed E-state index contributed by atoms with van der Waals surface area (Å²) in [5.41, 5.74) is 0.0162. The highest BCUT2D eigenvalue weighted by atomic mass is 32.2. The molecule has 0 saturated heterocycles. The minimum absolute atomic E-state index is 0.00274. The minimum Gasteiger partial charge on any atom is -0.478 e. The molecule has 0 amide bonds. The predicted molar refractivity (Wildman–Crippen MR) is 226 cm³/mol. The maximum absolute atomic E-state index is 13.8. The first-order valence-corrected chi connectivity index (χ1v) is 24.3. The number of ether oxygens (including phenoxy) is 2. The molecule has 2 aliphatic heterocycles. The highest BCUT2D eigenvalue weighted by Crippen LogP contribution is 2.51. The molecule has 17 nitrogen and oxygen atoms in total. The third-order valence-electron chi connectivity index (χ3n) is 10.2. The summed E-state index contributed by atoms with van der Waals surface area (Å²) >= 11 is 4.17. The van der Waals surface area contributed by atoms with Crippen molar-refractivity contribution in [1.29, 1.82) is 0 Å². The standard InChI is InChI=1S/C39H50N2O15S4/c1-6-7-14-40-30-24-26(60(52,53)54)23-27(35(42)43)33(30)38(2,3)31(40)12-8-13-32-39(4,5)34-28(37(45)56-16-10-18-57)21-25(36(44)55-17-11-20-59(49,50)51)22-29(34)41(32)15-9-19-58(46,47)48/h8,12-13,21-24H,6-7,9-11,14-20H2,1-5H3,(H4-,42,43,46,47,48,49,50,51,52,53,54,57)/p+1. The second-order valence-corrected chi connectivity index (χ2v) is 20.4. The molecule has 0 bridgehead atoms. The predicted octanol–water partition coefficient (Wildman–Crippen LogP) is 5.24. The Labute approximate surface area is 355 Å². The van der Waals surface area contributed by atoms with Gasteiger partial charge in [0, 0.05) is 47.5 Å². The number of aromatic carboxylic acids is 1. The van der Waals surface area contributed by atoms with Gasteiger partial charge >= 0.3 is 17.9 Å². The molecule has 60 heavy (non-hydrogen) atoms. The van der Waals surface area contributed by atoms with E-state index in [1.807, 2.05) is 6.92 Å². The monoisotopic (exact) mass is 915 g/mol. The zero-order valence-electron chi connectivity index (χ0n) is 33.9. The number of thiol groups is 1.